The van der Waals surface area contributed by atoms with Gasteiger partial charge < -0.3 is 10.6 Å². The predicted octanol–water partition coefficient (Wildman–Crippen LogP) is 2.79. The number of rotatable bonds is 4. The lowest BCUT2D eigenvalue weighted by molar-refractivity contribution is -0.131. The molecule has 0 fully saturated rings. The Morgan fingerprint density at radius 2 is 1.85 bits per heavy atom. The molecule has 0 aromatic heterocycles. The van der Waals surface area contributed by atoms with Gasteiger partial charge in [0.1, 0.15) is 0 Å². The summed E-state index contributed by atoms with van der Waals surface area (Å²) in [6.07, 6.45) is 0. The molecular formula is C15H21BrN2O2. The van der Waals surface area contributed by atoms with E-state index in [1.165, 1.54) is 0 Å². The summed E-state index contributed by atoms with van der Waals surface area (Å²) >= 11 is 3.45. The van der Waals surface area contributed by atoms with E-state index in [2.05, 4.69) is 26.6 Å². The Bertz CT molecular complexity index is 495. The van der Waals surface area contributed by atoms with Gasteiger partial charge in [-0.15, -0.1) is 0 Å². The summed E-state index contributed by atoms with van der Waals surface area (Å²) in [6.45, 7) is 7.33. The molecule has 5 heteroatoms. The third kappa shape index (κ3) is 4.96. The van der Waals surface area contributed by atoms with Gasteiger partial charge in [-0.05, 0) is 18.6 Å². The van der Waals surface area contributed by atoms with Crippen molar-refractivity contribution in [1.82, 2.24) is 10.6 Å². The van der Waals surface area contributed by atoms with Gasteiger partial charge in [-0.25, -0.2) is 0 Å². The highest BCUT2D eigenvalue weighted by molar-refractivity contribution is 9.10. The molecule has 0 aliphatic carbocycles. The minimum absolute atomic E-state index is 0.00903. The molecule has 1 rings (SSSR count). The van der Waals surface area contributed by atoms with E-state index in [-0.39, 0.29) is 24.4 Å². The molecule has 0 radical (unpaired) electrons. The molecule has 2 N–H and O–H groups in total. The van der Waals surface area contributed by atoms with Gasteiger partial charge in [-0.2, -0.15) is 0 Å². The monoisotopic (exact) mass is 340 g/mol. The van der Waals surface area contributed by atoms with Crippen molar-refractivity contribution < 1.29 is 9.59 Å². The molecule has 1 aromatic carbocycles. The zero-order chi connectivity index (χ0) is 15.3. The van der Waals surface area contributed by atoms with Crippen LogP contribution < -0.4 is 10.6 Å². The van der Waals surface area contributed by atoms with Gasteiger partial charge >= 0.3 is 0 Å². The van der Waals surface area contributed by atoms with Gasteiger partial charge in [0.25, 0.3) is 0 Å². The van der Waals surface area contributed by atoms with Crippen LogP contribution in [0.15, 0.2) is 28.7 Å². The zero-order valence-electron chi connectivity index (χ0n) is 12.3. The van der Waals surface area contributed by atoms with E-state index in [0.717, 1.165) is 10.0 Å². The second-order valence-electron chi connectivity index (χ2n) is 5.74. The second-order valence-corrected chi connectivity index (χ2v) is 6.60. The number of nitrogens with one attached hydrogen (secondary N) is 2. The Labute approximate surface area is 128 Å². The van der Waals surface area contributed by atoms with E-state index in [4.69, 9.17) is 0 Å². The van der Waals surface area contributed by atoms with Crippen LogP contribution in [0.2, 0.25) is 0 Å². The van der Waals surface area contributed by atoms with Crippen LogP contribution in [-0.4, -0.2) is 18.4 Å². The fourth-order valence-corrected chi connectivity index (χ4v) is 2.25. The summed E-state index contributed by atoms with van der Waals surface area (Å²) in [5, 5.41) is 5.49. The highest BCUT2D eigenvalue weighted by atomic mass is 79.9. The largest absolute Gasteiger partial charge is 0.348 e. The number of carbonyl (C=O) groups is 2. The molecule has 0 aliphatic rings. The summed E-state index contributed by atoms with van der Waals surface area (Å²) in [5.41, 5.74) is 0.511. The number of amides is 2. The summed E-state index contributed by atoms with van der Waals surface area (Å²) in [6, 6.07) is 7.60. The lowest BCUT2D eigenvalue weighted by Gasteiger charge is -2.19. The summed E-state index contributed by atoms with van der Waals surface area (Å²) < 4.78 is 0.950. The Balaban J connectivity index is 2.51. The molecule has 0 saturated heterocycles. The first-order valence-electron chi connectivity index (χ1n) is 6.54. The minimum Gasteiger partial charge on any atom is -0.348 e. The third-order valence-corrected chi connectivity index (χ3v) is 3.56. The van der Waals surface area contributed by atoms with Crippen molar-refractivity contribution in [1.29, 1.82) is 0 Å². The molecule has 1 aromatic rings. The fourth-order valence-electron chi connectivity index (χ4n) is 1.62. The summed E-state index contributed by atoms with van der Waals surface area (Å²) in [5.74, 6) is -0.341. The van der Waals surface area contributed by atoms with Gasteiger partial charge in [-0.1, -0.05) is 54.9 Å². The molecule has 110 valence electrons. The minimum atomic E-state index is -0.492. The van der Waals surface area contributed by atoms with E-state index in [0.29, 0.717) is 0 Å². The van der Waals surface area contributed by atoms with E-state index >= 15 is 0 Å². The number of halogens is 1. The van der Waals surface area contributed by atoms with Crippen LogP contribution >= 0.6 is 15.9 Å². The normalized spacial score (nSPS) is 12.7. The quantitative estimate of drug-likeness (QED) is 0.885. The Kier molecular flexibility index (Phi) is 5.74. The van der Waals surface area contributed by atoms with Crippen LogP contribution in [0.25, 0.3) is 0 Å². The Hall–Kier alpha value is -1.36. The lowest BCUT2D eigenvalue weighted by atomic mass is 9.96. The fraction of sp³-hybridized carbons (Fsp3) is 0.467. The smallest absolute Gasteiger partial charge is 0.239 e. The van der Waals surface area contributed by atoms with Crippen LogP contribution in [0.3, 0.4) is 0 Å². The van der Waals surface area contributed by atoms with Gasteiger partial charge in [-0.3, -0.25) is 9.59 Å². The van der Waals surface area contributed by atoms with Crippen molar-refractivity contribution in [2.24, 2.45) is 5.41 Å². The molecule has 0 heterocycles. The maximum Gasteiger partial charge on any atom is 0.239 e. The predicted molar refractivity (Wildman–Crippen MR) is 83.2 cm³/mol. The summed E-state index contributed by atoms with van der Waals surface area (Å²) in [7, 11) is 0. The van der Waals surface area contributed by atoms with Crippen molar-refractivity contribution in [3.05, 3.63) is 34.3 Å². The second kappa shape index (κ2) is 6.88. The van der Waals surface area contributed by atoms with Gasteiger partial charge in [0.2, 0.25) is 11.8 Å². The van der Waals surface area contributed by atoms with Crippen LogP contribution in [0, 0.1) is 5.41 Å². The molecule has 20 heavy (non-hydrogen) atoms. The topological polar surface area (TPSA) is 58.2 Å². The SMILES string of the molecule is CC(NC(=O)CNC(=O)C(C)(C)C)c1ccccc1Br. The molecular weight excluding hydrogens is 320 g/mol. The highest BCUT2D eigenvalue weighted by Gasteiger charge is 2.21. The van der Waals surface area contributed by atoms with Gasteiger partial charge in [0, 0.05) is 9.89 Å². The maximum absolute atomic E-state index is 11.8. The van der Waals surface area contributed by atoms with Crippen molar-refractivity contribution in [3.8, 4) is 0 Å². The van der Waals surface area contributed by atoms with Gasteiger partial charge in [0.05, 0.1) is 12.6 Å². The number of hydrogen-bond donors (Lipinski definition) is 2. The number of benzene rings is 1. The van der Waals surface area contributed by atoms with E-state index in [9.17, 15) is 9.59 Å². The average molecular weight is 341 g/mol. The standard InChI is InChI=1S/C15H21BrN2O2/c1-10(11-7-5-6-8-12(11)16)18-13(19)9-17-14(20)15(2,3)4/h5-8,10H,9H2,1-4H3,(H,17,20)(H,18,19). The van der Waals surface area contributed by atoms with E-state index in [1.54, 1.807) is 0 Å². The first-order chi connectivity index (χ1) is 9.21. The van der Waals surface area contributed by atoms with Gasteiger partial charge in [0.15, 0.2) is 0 Å². The Morgan fingerprint density at radius 1 is 1.25 bits per heavy atom. The highest BCUT2D eigenvalue weighted by Crippen LogP contribution is 2.22. The Morgan fingerprint density at radius 3 is 2.40 bits per heavy atom. The van der Waals surface area contributed by atoms with Crippen molar-refractivity contribution in [3.63, 3.8) is 0 Å². The first-order valence-corrected chi connectivity index (χ1v) is 7.33. The van der Waals surface area contributed by atoms with Crippen molar-refractivity contribution >= 4 is 27.7 Å². The molecule has 0 aliphatic heterocycles. The first kappa shape index (κ1) is 16.7. The molecule has 1 unspecified atom stereocenters. The van der Waals surface area contributed by atoms with Crippen LogP contribution in [0.1, 0.15) is 39.3 Å². The molecule has 0 saturated carbocycles. The average Bonchev–Trinajstić information content (AvgIpc) is 2.35. The number of hydrogen-bond acceptors (Lipinski definition) is 2. The maximum atomic E-state index is 11.8. The molecule has 0 bridgehead atoms. The molecule has 4 nitrogen and oxygen atoms in total. The van der Waals surface area contributed by atoms with Crippen molar-refractivity contribution in [2.45, 2.75) is 33.7 Å². The summed E-state index contributed by atoms with van der Waals surface area (Å²) in [4.78, 5) is 23.5. The van der Waals surface area contributed by atoms with E-state index in [1.807, 2.05) is 52.0 Å². The lowest BCUT2D eigenvalue weighted by Crippen LogP contribution is -2.42. The van der Waals surface area contributed by atoms with Crippen LogP contribution in [0.4, 0.5) is 0 Å². The molecule has 0 spiro atoms. The zero-order valence-corrected chi connectivity index (χ0v) is 13.9. The third-order valence-electron chi connectivity index (χ3n) is 2.84. The molecule has 2 amide bonds. The van der Waals surface area contributed by atoms with Crippen molar-refractivity contribution in [2.75, 3.05) is 6.54 Å². The van der Waals surface area contributed by atoms with E-state index < -0.39 is 5.41 Å². The van der Waals surface area contributed by atoms with Crippen LogP contribution in [-0.2, 0) is 9.59 Å². The molecule has 1 atom stereocenters. The number of carbonyl (C=O) groups excluding carboxylic acids is 2. The van der Waals surface area contributed by atoms with Crippen LogP contribution in [0.5, 0.6) is 0 Å².